The number of carboxylic acid groups (broad SMARTS) is 1. The Bertz CT molecular complexity index is 992. The maximum Gasteiger partial charge on any atom is 0.461 e. The van der Waals surface area contributed by atoms with Crippen LogP contribution in [0.4, 0.5) is 17.6 Å². The van der Waals surface area contributed by atoms with Gasteiger partial charge in [-0.2, -0.15) is 17.6 Å². The van der Waals surface area contributed by atoms with E-state index in [2.05, 4.69) is 4.74 Å². The van der Waals surface area contributed by atoms with Gasteiger partial charge in [-0.05, 0) is 41.8 Å². The maximum atomic E-state index is 13.1. The third-order valence-corrected chi connectivity index (χ3v) is 5.34. The van der Waals surface area contributed by atoms with Crippen molar-refractivity contribution in [1.82, 2.24) is 0 Å². The maximum absolute atomic E-state index is 13.1. The van der Waals surface area contributed by atoms with Crippen molar-refractivity contribution in [3.8, 4) is 5.75 Å². The van der Waals surface area contributed by atoms with Crippen LogP contribution in [0.15, 0.2) is 53.4 Å². The zero-order valence-corrected chi connectivity index (χ0v) is 16.3. The molecule has 0 aliphatic rings. The Kier molecular flexibility index (Phi) is 7.09. The van der Waals surface area contributed by atoms with Crippen molar-refractivity contribution < 1.29 is 45.7 Å². The minimum atomic E-state index is -4.72. The van der Waals surface area contributed by atoms with Crippen molar-refractivity contribution in [3.05, 3.63) is 59.7 Å². The number of aliphatic hydroxyl groups excluding tert-OH is 1. The summed E-state index contributed by atoms with van der Waals surface area (Å²) in [6, 6.07) is 9.53. The van der Waals surface area contributed by atoms with Crippen LogP contribution in [0, 0.1) is 5.92 Å². The average molecular weight is 450 g/mol. The van der Waals surface area contributed by atoms with Crippen molar-refractivity contribution in [2.24, 2.45) is 5.92 Å². The highest BCUT2D eigenvalue weighted by atomic mass is 32.2. The molecule has 0 saturated carbocycles. The zero-order valence-electron chi connectivity index (χ0n) is 15.5. The molecule has 6 nitrogen and oxygen atoms in total. The molecule has 2 N–H and O–H groups in total. The highest BCUT2D eigenvalue weighted by molar-refractivity contribution is 7.90. The molecule has 2 unspecified atom stereocenters. The Hall–Kier alpha value is -2.66. The Morgan fingerprint density at radius 2 is 1.73 bits per heavy atom. The largest absolute Gasteiger partial charge is 0.481 e. The summed E-state index contributed by atoms with van der Waals surface area (Å²) in [5, 5.41) is 19.9. The third kappa shape index (κ3) is 5.92. The zero-order chi connectivity index (χ0) is 22.7. The molecule has 2 rings (SSSR count). The molecule has 0 bridgehead atoms. The molecular formula is C19H18F4O6S. The molecule has 0 aromatic heterocycles. The predicted molar refractivity (Wildman–Crippen MR) is 97.4 cm³/mol. The molecule has 0 radical (unpaired) electrons. The van der Waals surface area contributed by atoms with Crippen LogP contribution in [-0.2, 0) is 21.1 Å². The Morgan fingerprint density at radius 1 is 1.13 bits per heavy atom. The lowest BCUT2D eigenvalue weighted by Crippen LogP contribution is -2.33. The molecule has 2 atom stereocenters. The second-order valence-electron chi connectivity index (χ2n) is 6.55. The van der Waals surface area contributed by atoms with Crippen molar-refractivity contribution >= 4 is 15.8 Å². The van der Waals surface area contributed by atoms with E-state index in [1.165, 1.54) is 36.4 Å². The van der Waals surface area contributed by atoms with Crippen LogP contribution in [0.5, 0.6) is 5.75 Å². The minimum absolute atomic E-state index is 0.0184. The molecule has 11 heteroatoms. The van der Waals surface area contributed by atoms with E-state index in [0.717, 1.165) is 18.4 Å². The molecule has 2 aromatic rings. The predicted octanol–water partition coefficient (Wildman–Crippen LogP) is 3.30. The van der Waals surface area contributed by atoms with Crippen molar-refractivity contribution in [3.63, 3.8) is 0 Å². The van der Waals surface area contributed by atoms with E-state index in [4.69, 9.17) is 0 Å². The lowest BCUT2D eigenvalue weighted by molar-refractivity contribution is -0.253. The topological polar surface area (TPSA) is 101 Å². The van der Waals surface area contributed by atoms with Gasteiger partial charge in [0.05, 0.1) is 16.9 Å². The number of benzene rings is 2. The van der Waals surface area contributed by atoms with Crippen molar-refractivity contribution in [2.75, 3.05) is 6.26 Å². The molecule has 0 aliphatic carbocycles. The summed E-state index contributed by atoms with van der Waals surface area (Å²) in [7, 11) is -3.48. The first kappa shape index (κ1) is 23.6. The van der Waals surface area contributed by atoms with Crippen LogP contribution >= 0.6 is 0 Å². The summed E-state index contributed by atoms with van der Waals surface area (Å²) in [6.07, 6.45) is -9.66. The van der Waals surface area contributed by atoms with Crippen molar-refractivity contribution in [1.29, 1.82) is 0 Å². The Balaban J connectivity index is 2.23. The van der Waals surface area contributed by atoms with Crippen LogP contribution < -0.4 is 4.74 Å². The SMILES string of the molecule is CS(=O)(=O)c1ccc(C(O)C(Cc2cccc(OC(F)(F)C(F)F)c2)C(=O)O)cc1. The van der Waals surface area contributed by atoms with E-state index in [1.807, 2.05) is 0 Å². The normalized spacial score (nSPS) is 14.4. The van der Waals surface area contributed by atoms with Gasteiger partial charge in [-0.25, -0.2) is 8.42 Å². The van der Waals surface area contributed by atoms with Gasteiger partial charge in [0.15, 0.2) is 9.84 Å². The first-order chi connectivity index (χ1) is 13.8. The van der Waals surface area contributed by atoms with Gasteiger partial charge >= 0.3 is 18.5 Å². The molecule has 0 heterocycles. The van der Waals surface area contributed by atoms with Gasteiger partial charge in [0.25, 0.3) is 0 Å². The quantitative estimate of drug-likeness (QED) is 0.569. The van der Waals surface area contributed by atoms with Gasteiger partial charge < -0.3 is 14.9 Å². The number of carbonyl (C=O) groups is 1. The molecular weight excluding hydrogens is 432 g/mol. The lowest BCUT2D eigenvalue weighted by Gasteiger charge is -2.21. The fourth-order valence-electron chi connectivity index (χ4n) is 2.67. The molecule has 0 aliphatic heterocycles. The first-order valence-electron chi connectivity index (χ1n) is 8.46. The summed E-state index contributed by atoms with van der Waals surface area (Å²) < 4.78 is 77.7. The van der Waals surface area contributed by atoms with E-state index in [9.17, 15) is 41.0 Å². The second kappa shape index (κ2) is 9.00. The minimum Gasteiger partial charge on any atom is -0.481 e. The van der Waals surface area contributed by atoms with Gasteiger partial charge in [0, 0.05) is 6.26 Å². The van der Waals surface area contributed by atoms with Crippen molar-refractivity contribution in [2.45, 2.75) is 30.0 Å². The van der Waals surface area contributed by atoms with E-state index in [0.29, 0.717) is 0 Å². The van der Waals surface area contributed by atoms with Crippen LogP contribution in [0.2, 0.25) is 0 Å². The lowest BCUT2D eigenvalue weighted by atomic mass is 9.90. The molecule has 30 heavy (non-hydrogen) atoms. The summed E-state index contributed by atoms with van der Waals surface area (Å²) in [4.78, 5) is 11.6. The molecule has 0 spiro atoms. The number of sulfone groups is 1. The first-order valence-corrected chi connectivity index (χ1v) is 10.3. The number of carboxylic acids is 1. The highest BCUT2D eigenvalue weighted by Crippen LogP contribution is 2.30. The Morgan fingerprint density at radius 3 is 2.23 bits per heavy atom. The number of aliphatic hydroxyl groups is 1. The van der Waals surface area contributed by atoms with Gasteiger partial charge in [-0.3, -0.25) is 4.79 Å². The molecule has 0 fully saturated rings. The highest BCUT2D eigenvalue weighted by Gasteiger charge is 2.44. The van der Waals surface area contributed by atoms with Gasteiger partial charge in [-0.15, -0.1) is 0 Å². The number of hydrogen-bond donors (Lipinski definition) is 2. The molecule has 0 amide bonds. The fraction of sp³-hybridized carbons (Fsp3) is 0.316. The number of ether oxygens (including phenoxy) is 1. The van der Waals surface area contributed by atoms with Gasteiger partial charge in [-0.1, -0.05) is 24.3 Å². The third-order valence-electron chi connectivity index (χ3n) is 4.21. The van der Waals surface area contributed by atoms with Crippen LogP contribution in [0.3, 0.4) is 0 Å². The summed E-state index contributed by atoms with van der Waals surface area (Å²) in [5.41, 5.74) is 0.281. The average Bonchev–Trinajstić information content (AvgIpc) is 2.64. The number of aliphatic carboxylic acids is 1. The monoisotopic (exact) mass is 450 g/mol. The molecule has 0 saturated heterocycles. The summed E-state index contributed by atoms with van der Waals surface area (Å²) >= 11 is 0. The smallest absolute Gasteiger partial charge is 0.461 e. The van der Waals surface area contributed by atoms with E-state index >= 15 is 0 Å². The Labute approximate surface area is 169 Å². The number of alkyl halides is 4. The summed E-state index contributed by atoms with van der Waals surface area (Å²) in [5.74, 6) is -3.42. The van der Waals surface area contributed by atoms with Gasteiger partial charge in [0.2, 0.25) is 0 Å². The van der Waals surface area contributed by atoms with Crippen LogP contribution in [-0.4, -0.2) is 43.4 Å². The second-order valence-corrected chi connectivity index (χ2v) is 8.56. The van der Waals surface area contributed by atoms with Gasteiger partial charge in [0.1, 0.15) is 5.75 Å². The van der Waals surface area contributed by atoms with E-state index in [1.54, 1.807) is 0 Å². The van der Waals surface area contributed by atoms with E-state index in [-0.39, 0.29) is 22.4 Å². The van der Waals surface area contributed by atoms with E-state index < -0.39 is 46.1 Å². The summed E-state index contributed by atoms with van der Waals surface area (Å²) in [6.45, 7) is 0. The number of halogens is 4. The number of rotatable bonds is 9. The molecule has 2 aromatic carbocycles. The van der Waals surface area contributed by atoms with Crippen LogP contribution in [0.25, 0.3) is 0 Å². The fourth-order valence-corrected chi connectivity index (χ4v) is 3.30. The standard InChI is InChI=1S/C19H18F4O6S/c1-30(27,28)14-7-5-12(6-8-14)16(24)15(17(25)26)10-11-3-2-4-13(9-11)29-19(22,23)18(20)21/h2-9,15-16,18,24H,10H2,1H3,(H,25,26). The molecule has 164 valence electrons. The van der Waals surface area contributed by atoms with Crippen LogP contribution in [0.1, 0.15) is 17.2 Å². The number of hydrogen-bond acceptors (Lipinski definition) is 5.